The van der Waals surface area contributed by atoms with Crippen LogP contribution in [0, 0.1) is 0 Å². The molecule has 0 bridgehead atoms. The minimum absolute atomic E-state index is 0.0587. The molecule has 1 aliphatic rings. The Morgan fingerprint density at radius 1 is 1.30 bits per heavy atom. The summed E-state index contributed by atoms with van der Waals surface area (Å²) >= 11 is 1.54. The third-order valence-electron chi connectivity index (χ3n) is 3.90. The second-order valence-electron chi connectivity index (χ2n) is 5.39. The van der Waals surface area contributed by atoms with Crippen LogP contribution in [0.2, 0.25) is 0 Å². The van der Waals surface area contributed by atoms with Gasteiger partial charge in [0.1, 0.15) is 6.10 Å². The van der Waals surface area contributed by atoms with Gasteiger partial charge >= 0.3 is 0 Å². The molecule has 1 fully saturated rings. The lowest BCUT2D eigenvalue weighted by Crippen LogP contribution is -2.42. The van der Waals surface area contributed by atoms with E-state index in [1.54, 1.807) is 18.6 Å². The zero-order valence-corrected chi connectivity index (χ0v) is 13.2. The maximum atomic E-state index is 12.8. The molecular weight excluding hydrogens is 310 g/mol. The normalized spacial score (nSPS) is 18.3. The number of benzene rings is 1. The Kier molecular flexibility index (Phi) is 3.77. The Morgan fingerprint density at radius 2 is 2.22 bits per heavy atom. The maximum absolute atomic E-state index is 12.8. The van der Waals surface area contributed by atoms with Gasteiger partial charge in [-0.05, 0) is 17.5 Å². The van der Waals surface area contributed by atoms with E-state index in [1.807, 2.05) is 35.2 Å². The van der Waals surface area contributed by atoms with Gasteiger partial charge < -0.3 is 9.64 Å². The molecule has 1 amide bonds. The molecule has 0 saturated carbocycles. The van der Waals surface area contributed by atoms with Gasteiger partial charge in [-0.15, -0.1) is 11.3 Å². The molecule has 0 unspecified atom stereocenters. The predicted molar refractivity (Wildman–Crippen MR) is 88.5 cm³/mol. The summed E-state index contributed by atoms with van der Waals surface area (Å²) in [5.41, 5.74) is 0.765. The summed E-state index contributed by atoms with van der Waals surface area (Å²) in [5, 5.41) is 1.11. The van der Waals surface area contributed by atoms with Crippen LogP contribution in [-0.2, 0) is 4.74 Å². The molecular formula is C17H15N3O2S. The van der Waals surface area contributed by atoms with Crippen molar-refractivity contribution >= 4 is 27.3 Å². The molecule has 2 aromatic heterocycles. The number of aromatic nitrogens is 2. The molecule has 1 atom stereocenters. The van der Waals surface area contributed by atoms with Crippen molar-refractivity contribution in [3.8, 4) is 0 Å². The van der Waals surface area contributed by atoms with Gasteiger partial charge in [0.15, 0.2) is 0 Å². The van der Waals surface area contributed by atoms with E-state index in [9.17, 15) is 4.79 Å². The van der Waals surface area contributed by atoms with Gasteiger partial charge in [-0.2, -0.15) is 0 Å². The summed E-state index contributed by atoms with van der Waals surface area (Å²) in [7, 11) is 0. The lowest BCUT2D eigenvalue weighted by atomic mass is 10.2. The molecule has 1 aliphatic heterocycles. The number of fused-ring (bicyclic) bond motifs is 1. The zero-order valence-electron chi connectivity index (χ0n) is 12.4. The molecule has 3 heterocycles. The second kappa shape index (κ2) is 6.06. The second-order valence-corrected chi connectivity index (χ2v) is 6.47. The van der Waals surface area contributed by atoms with Crippen molar-refractivity contribution in [2.75, 3.05) is 19.7 Å². The average molecular weight is 325 g/mol. The topological polar surface area (TPSA) is 55.3 Å². The molecule has 1 saturated heterocycles. The molecule has 5 nitrogen and oxygen atoms in total. The van der Waals surface area contributed by atoms with Crippen LogP contribution < -0.4 is 0 Å². The Hall–Kier alpha value is -2.31. The predicted octanol–water partition coefficient (Wildman–Crippen LogP) is 2.91. The van der Waals surface area contributed by atoms with Crippen LogP contribution in [0.1, 0.15) is 21.5 Å². The smallest absolute Gasteiger partial charge is 0.264 e. The Morgan fingerprint density at radius 3 is 3.04 bits per heavy atom. The number of carbonyl (C=O) groups is 1. The average Bonchev–Trinajstić information content (AvgIpc) is 3.06. The van der Waals surface area contributed by atoms with Crippen LogP contribution in [0.5, 0.6) is 0 Å². The van der Waals surface area contributed by atoms with Gasteiger partial charge in [0.2, 0.25) is 0 Å². The van der Waals surface area contributed by atoms with Crippen molar-refractivity contribution in [2.45, 2.75) is 6.10 Å². The first-order valence-corrected chi connectivity index (χ1v) is 8.28. The number of hydrogen-bond donors (Lipinski definition) is 0. The Balaban J connectivity index is 1.56. The number of ether oxygens (including phenoxy) is 1. The number of amides is 1. The van der Waals surface area contributed by atoms with E-state index in [0.29, 0.717) is 19.7 Å². The quantitative estimate of drug-likeness (QED) is 0.727. The summed E-state index contributed by atoms with van der Waals surface area (Å²) < 4.78 is 6.88. The first-order valence-electron chi connectivity index (χ1n) is 7.46. The molecule has 0 spiro atoms. The van der Waals surface area contributed by atoms with Gasteiger partial charge in [-0.3, -0.25) is 14.8 Å². The third kappa shape index (κ3) is 2.83. The molecule has 0 N–H and O–H groups in total. The van der Waals surface area contributed by atoms with Gasteiger partial charge in [0, 0.05) is 23.6 Å². The highest BCUT2D eigenvalue weighted by atomic mass is 32.1. The highest BCUT2D eigenvalue weighted by Gasteiger charge is 2.27. The minimum Gasteiger partial charge on any atom is -0.368 e. The zero-order chi connectivity index (χ0) is 15.6. The van der Waals surface area contributed by atoms with Crippen LogP contribution in [0.15, 0.2) is 48.9 Å². The fourth-order valence-electron chi connectivity index (χ4n) is 2.73. The molecule has 0 radical (unpaired) electrons. The molecule has 6 heteroatoms. The fourth-order valence-corrected chi connectivity index (χ4v) is 3.76. The molecule has 3 aromatic rings. The lowest BCUT2D eigenvalue weighted by Gasteiger charge is -2.32. The number of morpholine rings is 1. The largest absolute Gasteiger partial charge is 0.368 e. The first kappa shape index (κ1) is 14.3. The van der Waals surface area contributed by atoms with Gasteiger partial charge in [-0.25, -0.2) is 0 Å². The number of hydrogen-bond acceptors (Lipinski definition) is 5. The standard InChI is InChI=1S/C17H15N3O2S/c21-17(16-9-12-3-1-2-4-15(12)23-16)20-7-8-22-14(11-20)13-10-18-5-6-19-13/h1-6,9-10,14H,7-8,11H2/t14-/m1/s1. The van der Waals surface area contributed by atoms with Gasteiger partial charge in [0.25, 0.3) is 5.91 Å². The van der Waals surface area contributed by atoms with Crippen molar-refractivity contribution in [1.29, 1.82) is 0 Å². The minimum atomic E-state index is -0.212. The number of rotatable bonds is 2. The molecule has 4 rings (SSSR count). The van der Waals surface area contributed by atoms with E-state index in [-0.39, 0.29) is 12.0 Å². The van der Waals surface area contributed by atoms with Crippen LogP contribution in [-0.4, -0.2) is 40.5 Å². The van der Waals surface area contributed by atoms with Crippen molar-refractivity contribution in [2.24, 2.45) is 0 Å². The van der Waals surface area contributed by atoms with E-state index >= 15 is 0 Å². The summed E-state index contributed by atoms with van der Waals surface area (Å²) in [4.78, 5) is 23.8. The number of carbonyl (C=O) groups excluding carboxylic acids is 1. The monoisotopic (exact) mass is 325 g/mol. The van der Waals surface area contributed by atoms with Gasteiger partial charge in [0.05, 0.1) is 29.9 Å². The van der Waals surface area contributed by atoms with E-state index < -0.39 is 0 Å². The summed E-state index contributed by atoms with van der Waals surface area (Å²) in [6, 6.07) is 10.0. The molecule has 23 heavy (non-hydrogen) atoms. The summed E-state index contributed by atoms with van der Waals surface area (Å²) in [5.74, 6) is 0.0587. The molecule has 1 aromatic carbocycles. The number of thiophene rings is 1. The summed E-state index contributed by atoms with van der Waals surface area (Å²) in [6.45, 7) is 1.62. The number of nitrogens with zero attached hydrogens (tertiary/aromatic N) is 3. The maximum Gasteiger partial charge on any atom is 0.264 e. The molecule has 116 valence electrons. The Bertz CT molecular complexity index is 801. The lowest BCUT2D eigenvalue weighted by molar-refractivity contribution is -0.0247. The Labute approximate surface area is 137 Å². The van der Waals surface area contributed by atoms with Crippen molar-refractivity contribution in [1.82, 2.24) is 14.9 Å². The third-order valence-corrected chi connectivity index (χ3v) is 5.01. The first-order chi connectivity index (χ1) is 11.3. The van der Waals surface area contributed by atoms with Crippen LogP contribution in [0.4, 0.5) is 0 Å². The van der Waals surface area contributed by atoms with Crippen molar-refractivity contribution in [3.05, 3.63) is 59.5 Å². The van der Waals surface area contributed by atoms with Gasteiger partial charge in [-0.1, -0.05) is 18.2 Å². The van der Waals surface area contributed by atoms with E-state index in [2.05, 4.69) is 9.97 Å². The molecule has 0 aliphatic carbocycles. The summed E-state index contributed by atoms with van der Waals surface area (Å²) in [6.07, 6.45) is 4.76. The van der Waals surface area contributed by atoms with Crippen LogP contribution in [0.3, 0.4) is 0 Å². The fraction of sp³-hybridized carbons (Fsp3) is 0.235. The van der Waals surface area contributed by atoms with Crippen LogP contribution >= 0.6 is 11.3 Å². The van der Waals surface area contributed by atoms with E-state index in [4.69, 9.17) is 4.74 Å². The highest BCUT2D eigenvalue weighted by Crippen LogP contribution is 2.28. The van der Waals surface area contributed by atoms with E-state index in [1.165, 1.54) is 11.3 Å². The highest BCUT2D eigenvalue weighted by molar-refractivity contribution is 7.20. The van der Waals surface area contributed by atoms with Crippen LogP contribution in [0.25, 0.3) is 10.1 Å². The van der Waals surface area contributed by atoms with E-state index in [0.717, 1.165) is 20.7 Å². The van der Waals surface area contributed by atoms with Crippen molar-refractivity contribution < 1.29 is 9.53 Å². The van der Waals surface area contributed by atoms with Crippen molar-refractivity contribution in [3.63, 3.8) is 0 Å². The SMILES string of the molecule is O=C(c1cc2ccccc2s1)N1CCO[C@@H](c2cnccn2)C1.